The van der Waals surface area contributed by atoms with Gasteiger partial charge in [-0.25, -0.2) is 0 Å². The second-order valence-electron chi connectivity index (χ2n) is 9.90. The Morgan fingerprint density at radius 2 is 2.07 bits per heavy atom. The first-order chi connectivity index (χ1) is 14.0. The molecule has 0 amide bonds. The number of hydrogen-bond acceptors (Lipinski definition) is 3. The molecule has 1 aliphatic heterocycles. The molecule has 6 atom stereocenters. The number of benzene rings is 1. The lowest BCUT2D eigenvalue weighted by molar-refractivity contribution is -0.105. The third-order valence-corrected chi connectivity index (χ3v) is 8.92. The van der Waals surface area contributed by atoms with Gasteiger partial charge in [0.25, 0.3) is 0 Å². The molecule has 0 bridgehead atoms. The summed E-state index contributed by atoms with van der Waals surface area (Å²) in [5, 5.41) is 11.4. The Morgan fingerprint density at radius 1 is 1.17 bits per heavy atom. The summed E-state index contributed by atoms with van der Waals surface area (Å²) in [5.41, 5.74) is 2.34. The van der Waals surface area contributed by atoms with E-state index in [1.165, 1.54) is 30.4 Å². The molecule has 3 fully saturated rings. The first-order valence-corrected chi connectivity index (χ1v) is 12.4. The molecule has 1 aromatic rings. The molecule has 1 heterocycles. The third-order valence-electron chi connectivity index (χ3n) is 8.66. The molecule has 4 heteroatoms. The quantitative estimate of drug-likeness (QED) is 0.592. The molecule has 1 saturated heterocycles. The first kappa shape index (κ1) is 20.1. The predicted octanol–water partition coefficient (Wildman–Crippen LogP) is 6.09. The third kappa shape index (κ3) is 3.30. The van der Waals surface area contributed by atoms with Crippen molar-refractivity contribution in [3.05, 3.63) is 40.4 Å². The van der Waals surface area contributed by atoms with Crippen LogP contribution in [0, 0.1) is 17.3 Å². The predicted molar refractivity (Wildman–Crippen MR) is 118 cm³/mol. The topological polar surface area (TPSA) is 38.7 Å². The van der Waals surface area contributed by atoms with E-state index in [9.17, 15) is 5.11 Å². The van der Waals surface area contributed by atoms with Gasteiger partial charge in [-0.05, 0) is 103 Å². The fraction of sp³-hybridized carbons (Fsp3) is 0.680. The van der Waals surface area contributed by atoms with Gasteiger partial charge in [0.1, 0.15) is 5.75 Å². The highest BCUT2D eigenvalue weighted by Gasteiger charge is 2.60. The SMILES string of the molecule is C[C@]12CC[C@@H]3c4ccc(OC5CCCCO5)cc4CC[C@H]3[C@@H]1CC[C@@]2(O)/C=C\Br. The summed E-state index contributed by atoms with van der Waals surface area (Å²) in [5.74, 6) is 2.89. The molecule has 1 aromatic carbocycles. The van der Waals surface area contributed by atoms with Gasteiger partial charge in [-0.15, -0.1) is 0 Å². The van der Waals surface area contributed by atoms with Gasteiger partial charge in [0.15, 0.2) is 6.29 Å². The highest BCUT2D eigenvalue weighted by atomic mass is 79.9. The van der Waals surface area contributed by atoms with E-state index in [1.54, 1.807) is 0 Å². The second kappa shape index (κ2) is 7.69. The van der Waals surface area contributed by atoms with Crippen molar-refractivity contribution in [2.24, 2.45) is 17.3 Å². The Kier molecular flexibility index (Phi) is 5.33. The van der Waals surface area contributed by atoms with Crippen molar-refractivity contribution in [2.75, 3.05) is 6.61 Å². The Bertz CT molecular complexity index is 786. The normalized spacial score (nSPS) is 41.6. The molecule has 4 aliphatic rings. The van der Waals surface area contributed by atoms with Crippen LogP contribution in [0.5, 0.6) is 5.75 Å². The fourth-order valence-corrected chi connectivity index (χ4v) is 7.45. The lowest BCUT2D eigenvalue weighted by Gasteiger charge is -2.52. The van der Waals surface area contributed by atoms with E-state index in [-0.39, 0.29) is 11.7 Å². The minimum Gasteiger partial charge on any atom is -0.465 e. The van der Waals surface area contributed by atoms with Crippen molar-refractivity contribution in [3.8, 4) is 5.75 Å². The number of aryl methyl sites for hydroxylation is 1. The van der Waals surface area contributed by atoms with Crippen molar-refractivity contribution in [1.29, 1.82) is 0 Å². The molecular weight excluding hydrogens is 428 g/mol. The Balaban J connectivity index is 1.36. The summed E-state index contributed by atoms with van der Waals surface area (Å²) in [6, 6.07) is 6.76. The molecule has 3 aliphatic carbocycles. The van der Waals surface area contributed by atoms with E-state index in [0.717, 1.165) is 50.9 Å². The van der Waals surface area contributed by atoms with Crippen LogP contribution in [0.15, 0.2) is 29.3 Å². The van der Waals surface area contributed by atoms with Gasteiger partial charge >= 0.3 is 0 Å². The summed E-state index contributed by atoms with van der Waals surface area (Å²) in [4.78, 5) is 1.86. The van der Waals surface area contributed by atoms with Crippen LogP contribution in [0.1, 0.15) is 75.3 Å². The number of fused-ring (bicyclic) bond motifs is 5. The zero-order chi connectivity index (χ0) is 20.1. The average molecular weight is 461 g/mol. The van der Waals surface area contributed by atoms with Crippen LogP contribution in [0.3, 0.4) is 0 Å². The summed E-state index contributed by atoms with van der Waals surface area (Å²) >= 11 is 3.41. The van der Waals surface area contributed by atoms with Gasteiger partial charge < -0.3 is 14.6 Å². The molecule has 2 saturated carbocycles. The van der Waals surface area contributed by atoms with Crippen molar-refractivity contribution < 1.29 is 14.6 Å². The van der Waals surface area contributed by atoms with Crippen LogP contribution in [0.25, 0.3) is 0 Å². The Hall–Kier alpha value is -0.840. The summed E-state index contributed by atoms with van der Waals surface area (Å²) in [6.45, 7) is 3.15. The maximum Gasteiger partial charge on any atom is 0.199 e. The lowest BCUT2D eigenvalue weighted by Crippen LogP contribution is -2.49. The average Bonchev–Trinajstić information content (AvgIpc) is 2.99. The zero-order valence-electron chi connectivity index (χ0n) is 17.4. The van der Waals surface area contributed by atoms with E-state index in [0.29, 0.717) is 17.8 Å². The second-order valence-corrected chi connectivity index (χ2v) is 10.4. The molecule has 3 nitrogen and oxygen atoms in total. The van der Waals surface area contributed by atoms with Crippen LogP contribution in [0.4, 0.5) is 0 Å². The smallest absolute Gasteiger partial charge is 0.199 e. The van der Waals surface area contributed by atoms with Crippen LogP contribution >= 0.6 is 15.9 Å². The van der Waals surface area contributed by atoms with Gasteiger partial charge in [-0.2, -0.15) is 0 Å². The van der Waals surface area contributed by atoms with Crippen molar-refractivity contribution >= 4 is 15.9 Å². The summed E-state index contributed by atoms with van der Waals surface area (Å²) in [6.07, 6.45) is 11.9. The maximum atomic E-state index is 11.4. The van der Waals surface area contributed by atoms with Gasteiger partial charge in [0, 0.05) is 11.8 Å². The molecule has 0 radical (unpaired) electrons. The monoisotopic (exact) mass is 460 g/mol. The van der Waals surface area contributed by atoms with Gasteiger partial charge in [-0.3, -0.25) is 0 Å². The van der Waals surface area contributed by atoms with Crippen molar-refractivity contribution in [3.63, 3.8) is 0 Å². The van der Waals surface area contributed by atoms with Crippen LogP contribution < -0.4 is 4.74 Å². The summed E-state index contributed by atoms with van der Waals surface area (Å²) in [7, 11) is 0. The van der Waals surface area contributed by atoms with Crippen molar-refractivity contribution in [1.82, 2.24) is 0 Å². The molecule has 1 unspecified atom stereocenters. The van der Waals surface area contributed by atoms with Crippen molar-refractivity contribution in [2.45, 2.75) is 82.5 Å². The Morgan fingerprint density at radius 3 is 2.86 bits per heavy atom. The number of rotatable bonds is 3. The number of ether oxygens (including phenoxy) is 2. The number of halogens is 1. The van der Waals surface area contributed by atoms with Crippen LogP contribution in [-0.4, -0.2) is 23.6 Å². The first-order valence-electron chi connectivity index (χ1n) is 11.5. The molecule has 5 rings (SSSR count). The minimum absolute atomic E-state index is 0.00267. The van der Waals surface area contributed by atoms with Gasteiger partial charge in [-0.1, -0.05) is 28.9 Å². The lowest BCUT2D eigenvalue weighted by atomic mass is 9.53. The molecule has 1 N–H and O–H groups in total. The largest absolute Gasteiger partial charge is 0.465 e. The molecule has 158 valence electrons. The number of hydrogen-bond donors (Lipinski definition) is 1. The van der Waals surface area contributed by atoms with E-state index in [2.05, 4.69) is 41.1 Å². The molecular formula is C25H33BrO3. The Labute approximate surface area is 183 Å². The van der Waals surface area contributed by atoms with E-state index in [4.69, 9.17) is 9.47 Å². The van der Waals surface area contributed by atoms with E-state index in [1.807, 2.05) is 11.1 Å². The standard InChI is InChI=1S/C25H33BrO3/c1-24-11-9-20-19-8-6-18(29-23-4-2-3-15-28-23)16-17(19)5-7-21(20)22(24)10-12-25(24,27)13-14-26/h6,8,13-14,16,20-23,27H,2-5,7,9-12,15H2,1H3/b14-13-/t20-,21-,22+,23?,24+,25-/m1/s1. The zero-order valence-corrected chi connectivity index (χ0v) is 19.0. The summed E-state index contributed by atoms with van der Waals surface area (Å²) < 4.78 is 11.9. The van der Waals surface area contributed by atoms with Gasteiger partial charge in [0.05, 0.1) is 12.2 Å². The highest BCUT2D eigenvalue weighted by molar-refractivity contribution is 9.11. The molecule has 0 spiro atoms. The molecule has 29 heavy (non-hydrogen) atoms. The number of aliphatic hydroxyl groups is 1. The van der Waals surface area contributed by atoms with Crippen LogP contribution in [-0.2, 0) is 11.2 Å². The van der Waals surface area contributed by atoms with Crippen LogP contribution in [0.2, 0.25) is 0 Å². The molecule has 0 aromatic heterocycles. The maximum absolute atomic E-state index is 11.4. The van der Waals surface area contributed by atoms with E-state index >= 15 is 0 Å². The highest BCUT2D eigenvalue weighted by Crippen LogP contribution is 2.64. The van der Waals surface area contributed by atoms with Gasteiger partial charge in [0.2, 0.25) is 0 Å². The fourth-order valence-electron chi connectivity index (χ4n) is 7.02. The van der Waals surface area contributed by atoms with E-state index < -0.39 is 5.60 Å². The minimum atomic E-state index is -0.663.